The van der Waals surface area contributed by atoms with Crippen LogP contribution < -0.4 is 19.7 Å². The lowest BCUT2D eigenvalue weighted by atomic mass is 10.1. The number of benzene rings is 3. The molecule has 256 valence electrons. The lowest BCUT2D eigenvalue weighted by Crippen LogP contribution is -2.56. The second-order valence-corrected chi connectivity index (χ2v) is 12.4. The molecule has 4 aromatic rings. The van der Waals surface area contributed by atoms with E-state index in [4.69, 9.17) is 19.0 Å². The molecule has 1 atom stereocenters. The molecule has 6 rings (SSSR count). The van der Waals surface area contributed by atoms with E-state index in [1.54, 1.807) is 18.0 Å². The number of aryl methyl sites for hydroxylation is 3. The Morgan fingerprint density at radius 2 is 1.73 bits per heavy atom. The molecule has 1 aromatic heterocycles. The zero-order valence-corrected chi connectivity index (χ0v) is 28.5. The van der Waals surface area contributed by atoms with Crippen molar-refractivity contribution in [2.45, 2.75) is 59.0 Å². The number of rotatable bonds is 12. The highest BCUT2D eigenvalue weighted by Gasteiger charge is 2.34. The number of anilines is 2. The fourth-order valence-corrected chi connectivity index (χ4v) is 6.22. The van der Waals surface area contributed by atoms with Crippen LogP contribution in [0.5, 0.6) is 11.5 Å². The maximum Gasteiger partial charge on any atom is 0.421 e. The van der Waals surface area contributed by atoms with E-state index >= 15 is 0 Å². The number of guanidine groups is 1. The number of ether oxygens (including phenoxy) is 2. The summed E-state index contributed by atoms with van der Waals surface area (Å²) in [5, 5.41) is 7.45. The maximum atomic E-state index is 14.2. The minimum atomic E-state index is -0.600. The van der Waals surface area contributed by atoms with Gasteiger partial charge in [-0.15, -0.1) is 0 Å². The zero-order valence-electron chi connectivity index (χ0n) is 28.5. The molecule has 1 N–H and O–H groups in total. The number of para-hydroxylation sites is 2. The Balaban J connectivity index is 1.23. The first kappa shape index (κ1) is 33.7. The lowest BCUT2D eigenvalue weighted by molar-refractivity contribution is 0.198. The number of carbonyl (C=O) groups is 1. The summed E-state index contributed by atoms with van der Waals surface area (Å²) >= 11 is 0. The van der Waals surface area contributed by atoms with Gasteiger partial charge in [-0.2, -0.15) is 4.98 Å². The molecular weight excluding hydrogens is 618 g/mol. The number of likely N-dealkylation sites (tertiary alicyclic amines) is 1. The smallest absolute Gasteiger partial charge is 0.421 e. The monoisotopic (exact) mass is 663 g/mol. The third-order valence-corrected chi connectivity index (χ3v) is 8.70. The minimum Gasteiger partial charge on any atom is -0.493 e. The molecular formula is C38H45N7O4. The Morgan fingerprint density at radius 1 is 0.959 bits per heavy atom. The predicted octanol–water partition coefficient (Wildman–Crippen LogP) is 7.12. The van der Waals surface area contributed by atoms with Crippen molar-refractivity contribution in [2.75, 3.05) is 43.0 Å². The molecule has 0 saturated carbocycles. The summed E-state index contributed by atoms with van der Waals surface area (Å²) in [6, 6.07) is 23.2. The van der Waals surface area contributed by atoms with E-state index in [-0.39, 0.29) is 0 Å². The zero-order chi connectivity index (χ0) is 34.0. The number of nitrogens with zero attached hydrogens (tertiary/aromatic N) is 6. The van der Waals surface area contributed by atoms with Crippen LogP contribution in [0.3, 0.4) is 0 Å². The van der Waals surface area contributed by atoms with Gasteiger partial charge in [0.25, 0.3) is 0 Å². The van der Waals surface area contributed by atoms with Gasteiger partial charge in [-0.05, 0) is 94.6 Å². The van der Waals surface area contributed by atoms with E-state index in [2.05, 4.69) is 20.4 Å². The van der Waals surface area contributed by atoms with Crippen molar-refractivity contribution >= 4 is 23.4 Å². The predicted molar refractivity (Wildman–Crippen MR) is 191 cm³/mol. The van der Waals surface area contributed by atoms with Gasteiger partial charge in [0.1, 0.15) is 17.7 Å². The fourth-order valence-electron chi connectivity index (χ4n) is 6.22. The highest BCUT2D eigenvalue weighted by atomic mass is 16.6. The lowest BCUT2D eigenvalue weighted by Gasteiger charge is -2.40. The standard InChI is InChI=1S/C38H45N7O4/c1-28-13-10-14-29(2)36(28)48-38(46)45(32-16-6-4-7-17-32)35-19-21-39-37(44(35)25-20-34-40-30(3)42-49-34)41-31-15-11-18-33(27-31)47-26-12-24-43-22-8-5-9-23-43/h4,6-7,10-11,13-19,21,27,35H,5,8-9,12,20,22-26H2,1-3H3,(H,39,41). The Bertz CT molecular complexity index is 1730. The normalized spacial score (nSPS) is 16.3. The summed E-state index contributed by atoms with van der Waals surface area (Å²) < 4.78 is 17.7. The summed E-state index contributed by atoms with van der Waals surface area (Å²) in [7, 11) is 0. The summed E-state index contributed by atoms with van der Waals surface area (Å²) in [6.45, 7) is 10.1. The molecule has 11 heteroatoms. The van der Waals surface area contributed by atoms with Crippen LogP contribution in [0, 0.1) is 20.8 Å². The van der Waals surface area contributed by atoms with Crippen LogP contribution in [0.1, 0.15) is 48.5 Å². The Hall–Kier alpha value is -5.16. The molecule has 11 nitrogen and oxygen atoms in total. The van der Waals surface area contributed by atoms with Gasteiger partial charge < -0.3 is 29.1 Å². The average Bonchev–Trinajstić information content (AvgIpc) is 3.54. The number of amides is 1. The van der Waals surface area contributed by atoms with E-state index in [1.807, 2.05) is 97.6 Å². The maximum absolute atomic E-state index is 14.2. The number of hydrogen-bond donors (Lipinski definition) is 1. The molecule has 3 aromatic carbocycles. The van der Waals surface area contributed by atoms with Gasteiger partial charge in [0.2, 0.25) is 11.9 Å². The third-order valence-electron chi connectivity index (χ3n) is 8.70. The third kappa shape index (κ3) is 8.85. The Kier molecular flexibility index (Phi) is 11.2. The number of hydrogen-bond acceptors (Lipinski definition) is 10. The van der Waals surface area contributed by atoms with Gasteiger partial charge in [-0.3, -0.25) is 4.90 Å². The molecule has 0 bridgehead atoms. The molecule has 1 amide bonds. The minimum absolute atomic E-state index is 0.412. The van der Waals surface area contributed by atoms with Crippen LogP contribution in [0.15, 0.2) is 94.6 Å². The van der Waals surface area contributed by atoms with Crippen molar-refractivity contribution < 1.29 is 18.8 Å². The Morgan fingerprint density at radius 3 is 2.49 bits per heavy atom. The largest absolute Gasteiger partial charge is 0.493 e. The SMILES string of the molecule is Cc1noc(CCN2C(Nc3cccc(OCCCN4CCCCC4)c3)=NC=CC2N(C(=O)Oc2c(C)cccc2C)c2ccccc2)n1. The highest BCUT2D eigenvalue weighted by molar-refractivity contribution is 5.97. The van der Waals surface area contributed by atoms with Crippen LogP contribution in [0.2, 0.25) is 0 Å². The molecule has 1 saturated heterocycles. The van der Waals surface area contributed by atoms with Crippen LogP contribution in [-0.4, -0.2) is 70.9 Å². The van der Waals surface area contributed by atoms with Gasteiger partial charge in [0.15, 0.2) is 5.82 Å². The summed E-state index contributed by atoms with van der Waals surface area (Å²) in [4.78, 5) is 29.5. The fraction of sp³-hybridized carbons (Fsp3) is 0.368. The quantitative estimate of drug-likeness (QED) is 0.159. The first-order valence-electron chi connectivity index (χ1n) is 17.1. The van der Waals surface area contributed by atoms with Gasteiger partial charge in [0, 0.05) is 43.2 Å². The van der Waals surface area contributed by atoms with E-state index < -0.39 is 12.3 Å². The topological polar surface area (TPSA) is 109 Å². The first-order chi connectivity index (χ1) is 23.9. The molecule has 49 heavy (non-hydrogen) atoms. The molecule has 2 aliphatic heterocycles. The van der Waals surface area contributed by atoms with Crippen molar-refractivity contribution in [3.05, 3.63) is 108 Å². The van der Waals surface area contributed by atoms with Gasteiger partial charge in [-0.1, -0.05) is 54.0 Å². The Labute approximate surface area is 288 Å². The summed E-state index contributed by atoms with van der Waals surface area (Å²) in [6.07, 6.45) is 7.80. The van der Waals surface area contributed by atoms with Crippen molar-refractivity contribution in [1.29, 1.82) is 0 Å². The number of aliphatic imine (C=N–C) groups is 1. The van der Waals surface area contributed by atoms with Crippen molar-refractivity contribution in [1.82, 2.24) is 19.9 Å². The highest BCUT2D eigenvalue weighted by Crippen LogP contribution is 2.28. The van der Waals surface area contributed by atoms with Crippen LogP contribution in [0.25, 0.3) is 0 Å². The average molecular weight is 664 g/mol. The molecule has 3 heterocycles. The van der Waals surface area contributed by atoms with Crippen molar-refractivity contribution in [3.8, 4) is 11.5 Å². The number of aromatic nitrogens is 2. The van der Waals surface area contributed by atoms with Gasteiger partial charge in [-0.25, -0.2) is 9.79 Å². The molecule has 0 radical (unpaired) electrons. The molecule has 1 fully saturated rings. The van der Waals surface area contributed by atoms with Crippen LogP contribution in [0.4, 0.5) is 16.2 Å². The molecule has 1 unspecified atom stereocenters. The number of piperidine rings is 1. The summed E-state index contributed by atoms with van der Waals surface area (Å²) in [5.74, 6) is 2.93. The summed E-state index contributed by atoms with van der Waals surface area (Å²) in [5.41, 5.74) is 3.24. The number of carbonyl (C=O) groups excluding carboxylic acids is 1. The van der Waals surface area contributed by atoms with E-state index in [9.17, 15) is 4.79 Å². The van der Waals surface area contributed by atoms with Gasteiger partial charge in [0.05, 0.1) is 6.61 Å². The number of nitrogens with one attached hydrogen (secondary N) is 1. The molecule has 0 spiro atoms. The molecule has 0 aliphatic carbocycles. The van der Waals surface area contributed by atoms with Gasteiger partial charge >= 0.3 is 6.09 Å². The van der Waals surface area contributed by atoms with E-state index in [0.29, 0.717) is 48.7 Å². The second-order valence-electron chi connectivity index (χ2n) is 12.4. The van der Waals surface area contributed by atoms with E-state index in [1.165, 1.54) is 32.4 Å². The van der Waals surface area contributed by atoms with Crippen LogP contribution >= 0.6 is 0 Å². The van der Waals surface area contributed by atoms with Crippen molar-refractivity contribution in [2.24, 2.45) is 4.99 Å². The first-order valence-corrected chi connectivity index (χ1v) is 17.1. The van der Waals surface area contributed by atoms with E-state index in [0.717, 1.165) is 35.5 Å². The van der Waals surface area contributed by atoms with Crippen molar-refractivity contribution in [3.63, 3.8) is 0 Å². The second kappa shape index (κ2) is 16.3. The molecule has 2 aliphatic rings. The van der Waals surface area contributed by atoms with Crippen LogP contribution in [-0.2, 0) is 6.42 Å².